The molecule has 0 radical (unpaired) electrons. The van der Waals surface area contributed by atoms with Crippen LogP contribution in [0.1, 0.15) is 22.9 Å². The summed E-state index contributed by atoms with van der Waals surface area (Å²) in [5.74, 6) is -1.27. The number of furan rings is 1. The van der Waals surface area contributed by atoms with Crippen LogP contribution in [0.4, 0.5) is 0 Å². The Balaban J connectivity index is 1.93. The van der Waals surface area contributed by atoms with E-state index in [1.807, 2.05) is 0 Å². The number of rotatable bonds is 6. The van der Waals surface area contributed by atoms with E-state index >= 15 is 0 Å². The van der Waals surface area contributed by atoms with Gasteiger partial charge in [-0.2, -0.15) is 0 Å². The minimum atomic E-state index is -0.993. The summed E-state index contributed by atoms with van der Waals surface area (Å²) in [5.41, 5.74) is 0.377. The SMILES string of the molecule is COc1cc(OC)c(/C(O)=C2\C(=O)C(=O)N(Cc3ccco3)C2c2cccc(O)c2)cc1Cl. The van der Waals surface area contributed by atoms with E-state index in [2.05, 4.69) is 0 Å². The van der Waals surface area contributed by atoms with Crippen LogP contribution in [0, 0.1) is 0 Å². The van der Waals surface area contributed by atoms with Crippen molar-refractivity contribution in [2.75, 3.05) is 14.2 Å². The topological polar surface area (TPSA) is 109 Å². The summed E-state index contributed by atoms with van der Waals surface area (Å²) in [4.78, 5) is 27.4. The van der Waals surface area contributed by atoms with E-state index in [9.17, 15) is 19.8 Å². The van der Waals surface area contributed by atoms with E-state index in [0.717, 1.165) is 0 Å². The first kappa shape index (κ1) is 22.3. The minimum Gasteiger partial charge on any atom is -0.508 e. The summed E-state index contributed by atoms with van der Waals surface area (Å²) < 4.78 is 15.9. The number of nitrogens with zero attached hydrogens (tertiary/aromatic N) is 1. The fraction of sp³-hybridized carbons (Fsp3) is 0.167. The molecule has 9 heteroatoms. The standard InChI is InChI=1S/C24H20ClNO7/c1-31-18-11-19(32-2)17(25)10-16(18)22(28)20-21(13-5-3-6-14(27)9-13)26(24(30)23(20)29)12-15-7-4-8-33-15/h3-11,21,27-28H,12H2,1-2H3/b22-20+. The Morgan fingerprint density at radius 2 is 1.85 bits per heavy atom. The summed E-state index contributed by atoms with van der Waals surface area (Å²) in [5, 5.41) is 21.5. The van der Waals surface area contributed by atoms with E-state index < -0.39 is 23.5 Å². The number of aliphatic hydroxyl groups excluding tert-OH is 1. The number of hydrogen-bond acceptors (Lipinski definition) is 7. The zero-order valence-electron chi connectivity index (χ0n) is 17.7. The van der Waals surface area contributed by atoms with Gasteiger partial charge in [0.05, 0.1) is 49.2 Å². The van der Waals surface area contributed by atoms with E-state index in [4.69, 9.17) is 25.5 Å². The largest absolute Gasteiger partial charge is 0.508 e. The van der Waals surface area contributed by atoms with Crippen molar-refractivity contribution in [3.05, 3.63) is 82.3 Å². The molecule has 1 saturated heterocycles. The number of aromatic hydroxyl groups is 1. The Hall–Kier alpha value is -3.91. The highest BCUT2D eigenvalue weighted by molar-refractivity contribution is 6.46. The average Bonchev–Trinajstić information content (AvgIpc) is 3.41. The molecule has 33 heavy (non-hydrogen) atoms. The van der Waals surface area contributed by atoms with E-state index in [1.54, 1.807) is 24.3 Å². The lowest BCUT2D eigenvalue weighted by atomic mass is 9.94. The first-order valence-corrected chi connectivity index (χ1v) is 10.2. The van der Waals surface area contributed by atoms with Crippen LogP contribution in [-0.4, -0.2) is 41.0 Å². The van der Waals surface area contributed by atoms with E-state index in [0.29, 0.717) is 17.1 Å². The summed E-state index contributed by atoms with van der Waals surface area (Å²) >= 11 is 6.25. The van der Waals surface area contributed by atoms with Crippen molar-refractivity contribution in [2.24, 2.45) is 0 Å². The van der Waals surface area contributed by atoms with Crippen LogP contribution < -0.4 is 9.47 Å². The molecule has 170 valence electrons. The molecule has 2 aromatic carbocycles. The Kier molecular flexibility index (Phi) is 6.02. The lowest BCUT2D eigenvalue weighted by Crippen LogP contribution is -2.29. The number of methoxy groups -OCH3 is 2. The van der Waals surface area contributed by atoms with Gasteiger partial charge in [0.1, 0.15) is 28.8 Å². The molecule has 0 saturated carbocycles. The number of halogens is 1. The third-order valence-electron chi connectivity index (χ3n) is 5.36. The van der Waals surface area contributed by atoms with Crippen LogP contribution in [0.5, 0.6) is 17.2 Å². The quantitative estimate of drug-likeness (QED) is 0.315. The Labute approximate surface area is 194 Å². The number of Topliss-reactive ketones (excluding diaryl/α,β-unsaturated/α-hetero) is 1. The fourth-order valence-electron chi connectivity index (χ4n) is 3.85. The van der Waals surface area contributed by atoms with Gasteiger partial charge in [0, 0.05) is 6.07 Å². The molecular formula is C24H20ClNO7. The van der Waals surface area contributed by atoms with Crippen molar-refractivity contribution in [3.63, 3.8) is 0 Å². The summed E-state index contributed by atoms with van der Waals surface area (Å²) in [7, 11) is 2.82. The van der Waals surface area contributed by atoms with Crippen molar-refractivity contribution in [2.45, 2.75) is 12.6 Å². The zero-order valence-corrected chi connectivity index (χ0v) is 18.5. The number of likely N-dealkylation sites (tertiary alicyclic amines) is 1. The number of amides is 1. The maximum atomic E-state index is 13.1. The van der Waals surface area contributed by atoms with Crippen molar-refractivity contribution in [3.8, 4) is 17.2 Å². The molecule has 1 fully saturated rings. The number of hydrogen-bond donors (Lipinski definition) is 2. The van der Waals surface area contributed by atoms with Crippen LogP contribution in [-0.2, 0) is 16.1 Å². The highest BCUT2D eigenvalue weighted by Crippen LogP contribution is 2.44. The second-order valence-electron chi connectivity index (χ2n) is 7.29. The Morgan fingerprint density at radius 1 is 1.09 bits per heavy atom. The van der Waals surface area contributed by atoms with Crippen LogP contribution >= 0.6 is 11.6 Å². The number of benzene rings is 2. The minimum absolute atomic E-state index is 0.0187. The van der Waals surface area contributed by atoms with E-state index in [1.165, 1.54) is 49.6 Å². The van der Waals surface area contributed by atoms with Gasteiger partial charge in [0.2, 0.25) is 0 Å². The van der Waals surface area contributed by atoms with Gasteiger partial charge in [-0.05, 0) is 35.9 Å². The van der Waals surface area contributed by atoms with Gasteiger partial charge in [-0.3, -0.25) is 9.59 Å². The van der Waals surface area contributed by atoms with Gasteiger partial charge < -0.3 is 29.0 Å². The van der Waals surface area contributed by atoms with Gasteiger partial charge >= 0.3 is 0 Å². The van der Waals surface area contributed by atoms with Crippen LogP contribution in [0.3, 0.4) is 0 Å². The number of ether oxygens (including phenoxy) is 2. The smallest absolute Gasteiger partial charge is 0.296 e. The second-order valence-corrected chi connectivity index (χ2v) is 7.70. The Bertz CT molecular complexity index is 1250. The molecule has 0 aliphatic carbocycles. The molecule has 0 spiro atoms. The Morgan fingerprint density at radius 3 is 2.48 bits per heavy atom. The number of ketones is 1. The fourth-order valence-corrected chi connectivity index (χ4v) is 4.09. The molecule has 3 aromatic rings. The van der Waals surface area contributed by atoms with Crippen LogP contribution in [0.25, 0.3) is 5.76 Å². The monoisotopic (exact) mass is 469 g/mol. The van der Waals surface area contributed by atoms with Gasteiger partial charge in [0.25, 0.3) is 11.7 Å². The predicted molar refractivity (Wildman–Crippen MR) is 119 cm³/mol. The van der Waals surface area contributed by atoms with Crippen LogP contribution in [0.2, 0.25) is 5.02 Å². The molecule has 4 rings (SSSR count). The highest BCUT2D eigenvalue weighted by atomic mass is 35.5. The molecule has 2 N–H and O–H groups in total. The molecule has 0 bridgehead atoms. The molecule has 1 amide bonds. The summed E-state index contributed by atoms with van der Waals surface area (Å²) in [6, 6.07) is 11.3. The number of carbonyl (C=O) groups is 2. The van der Waals surface area contributed by atoms with Crippen molar-refractivity contribution < 1.29 is 33.7 Å². The lowest BCUT2D eigenvalue weighted by Gasteiger charge is -2.24. The van der Waals surface area contributed by atoms with Crippen molar-refractivity contribution in [1.82, 2.24) is 4.90 Å². The number of phenolic OH excluding ortho intramolecular Hbond substituents is 1. The first-order valence-electron chi connectivity index (χ1n) is 9.87. The molecule has 1 atom stereocenters. The number of carbonyl (C=O) groups excluding carboxylic acids is 2. The molecule has 1 unspecified atom stereocenters. The van der Waals surface area contributed by atoms with Crippen molar-refractivity contribution in [1.29, 1.82) is 0 Å². The summed E-state index contributed by atoms with van der Waals surface area (Å²) in [6.45, 7) is -0.0187. The zero-order chi connectivity index (χ0) is 23.7. The highest BCUT2D eigenvalue weighted by Gasteiger charge is 2.46. The molecule has 1 aliphatic heterocycles. The van der Waals surface area contributed by atoms with Gasteiger partial charge in [-0.15, -0.1) is 0 Å². The van der Waals surface area contributed by atoms with E-state index in [-0.39, 0.29) is 34.2 Å². The average molecular weight is 470 g/mol. The van der Waals surface area contributed by atoms with Gasteiger partial charge in [-0.1, -0.05) is 23.7 Å². The number of phenols is 1. The maximum Gasteiger partial charge on any atom is 0.296 e. The third kappa shape index (κ3) is 4.01. The molecular weight excluding hydrogens is 450 g/mol. The molecule has 1 aromatic heterocycles. The molecule has 2 heterocycles. The van der Waals surface area contributed by atoms with Gasteiger partial charge in [-0.25, -0.2) is 0 Å². The first-order chi connectivity index (χ1) is 15.8. The maximum absolute atomic E-state index is 13.1. The molecule has 8 nitrogen and oxygen atoms in total. The molecule has 1 aliphatic rings. The van der Waals surface area contributed by atoms with Crippen LogP contribution in [0.15, 0.2) is 64.8 Å². The predicted octanol–water partition coefficient (Wildman–Crippen LogP) is 4.28. The third-order valence-corrected chi connectivity index (χ3v) is 5.66. The normalized spacial score (nSPS) is 17.4. The van der Waals surface area contributed by atoms with Crippen molar-refractivity contribution >= 4 is 29.1 Å². The van der Waals surface area contributed by atoms with Gasteiger partial charge in [0.15, 0.2) is 0 Å². The lowest BCUT2D eigenvalue weighted by molar-refractivity contribution is -0.140. The summed E-state index contributed by atoms with van der Waals surface area (Å²) in [6.07, 6.45) is 1.46. The second kappa shape index (κ2) is 8.91. The number of aliphatic hydroxyl groups is 1.